The molecule has 3 nitrogen and oxygen atoms in total. The highest BCUT2D eigenvalue weighted by Gasteiger charge is 2.37. The maximum Gasteiger partial charge on any atom is 0.0471 e. The molecule has 0 aromatic rings. The van der Waals surface area contributed by atoms with E-state index in [1.54, 1.807) is 0 Å². The summed E-state index contributed by atoms with van der Waals surface area (Å²) in [4.78, 5) is 0. The zero-order valence-corrected chi connectivity index (χ0v) is 11.9. The van der Waals surface area contributed by atoms with E-state index < -0.39 is 0 Å². The zero-order chi connectivity index (χ0) is 13.1. The summed E-state index contributed by atoms with van der Waals surface area (Å²) in [5.41, 5.74) is 6.10. The van der Waals surface area contributed by atoms with Crippen LogP contribution in [0.15, 0.2) is 0 Å². The first-order valence-electron chi connectivity index (χ1n) is 7.02. The molecule has 0 amide bonds. The molecule has 102 valence electrons. The standard InChI is InChI=1S/C14H30N2O/c1-10-5-6-14(9-15,7-11(10)2)16-13(4)12(3)8-17/h10-13,16-17H,5-9,15H2,1-4H3. The fourth-order valence-corrected chi connectivity index (χ4v) is 2.87. The number of nitrogens with two attached hydrogens (primary N) is 1. The third-order valence-electron chi connectivity index (χ3n) is 4.83. The zero-order valence-electron chi connectivity index (χ0n) is 11.9. The Labute approximate surface area is 106 Å². The van der Waals surface area contributed by atoms with Crippen LogP contribution in [0.4, 0.5) is 0 Å². The van der Waals surface area contributed by atoms with E-state index in [0.29, 0.717) is 12.6 Å². The summed E-state index contributed by atoms with van der Waals surface area (Å²) in [5.74, 6) is 1.83. The largest absolute Gasteiger partial charge is 0.396 e. The van der Waals surface area contributed by atoms with Gasteiger partial charge in [-0.2, -0.15) is 0 Å². The third-order valence-corrected chi connectivity index (χ3v) is 4.83. The van der Waals surface area contributed by atoms with Crippen LogP contribution in [0.2, 0.25) is 0 Å². The summed E-state index contributed by atoms with van der Waals surface area (Å²) in [7, 11) is 0. The van der Waals surface area contributed by atoms with E-state index in [1.807, 2.05) is 0 Å². The Kier molecular flexibility index (Phi) is 5.42. The lowest BCUT2D eigenvalue weighted by Gasteiger charge is -2.45. The normalized spacial score (nSPS) is 37.8. The Morgan fingerprint density at radius 2 is 2.00 bits per heavy atom. The lowest BCUT2D eigenvalue weighted by atomic mass is 9.70. The fraction of sp³-hybridized carbons (Fsp3) is 1.00. The molecule has 0 radical (unpaired) electrons. The number of rotatable bonds is 5. The minimum absolute atomic E-state index is 0.0920. The van der Waals surface area contributed by atoms with E-state index in [4.69, 9.17) is 5.73 Å². The van der Waals surface area contributed by atoms with E-state index in [1.165, 1.54) is 6.42 Å². The van der Waals surface area contributed by atoms with Gasteiger partial charge in [0, 0.05) is 24.7 Å². The Hall–Kier alpha value is -0.120. The van der Waals surface area contributed by atoms with Gasteiger partial charge in [0.2, 0.25) is 0 Å². The van der Waals surface area contributed by atoms with Crippen molar-refractivity contribution in [2.75, 3.05) is 13.2 Å². The summed E-state index contributed by atoms with van der Waals surface area (Å²) >= 11 is 0. The van der Waals surface area contributed by atoms with E-state index in [-0.39, 0.29) is 18.1 Å². The maximum atomic E-state index is 9.21. The van der Waals surface area contributed by atoms with Gasteiger partial charge in [0.25, 0.3) is 0 Å². The van der Waals surface area contributed by atoms with Gasteiger partial charge in [-0.25, -0.2) is 0 Å². The molecule has 4 N–H and O–H groups in total. The maximum absolute atomic E-state index is 9.21. The Morgan fingerprint density at radius 1 is 1.35 bits per heavy atom. The SMILES string of the molecule is CC1CCC(CN)(NC(C)C(C)CO)CC1C. The molecule has 0 heterocycles. The van der Waals surface area contributed by atoms with Crippen LogP contribution >= 0.6 is 0 Å². The number of hydrogen-bond donors (Lipinski definition) is 3. The number of nitrogens with one attached hydrogen (secondary N) is 1. The van der Waals surface area contributed by atoms with Crippen molar-refractivity contribution in [2.24, 2.45) is 23.5 Å². The molecule has 1 saturated carbocycles. The molecular weight excluding hydrogens is 212 g/mol. The van der Waals surface area contributed by atoms with Crippen LogP contribution in [0, 0.1) is 17.8 Å². The van der Waals surface area contributed by atoms with Crippen molar-refractivity contribution < 1.29 is 5.11 Å². The van der Waals surface area contributed by atoms with Gasteiger partial charge in [0.1, 0.15) is 0 Å². The third kappa shape index (κ3) is 3.67. The van der Waals surface area contributed by atoms with Crippen LogP contribution < -0.4 is 11.1 Å². The molecule has 0 aliphatic heterocycles. The quantitative estimate of drug-likeness (QED) is 0.688. The van der Waals surface area contributed by atoms with Crippen molar-refractivity contribution in [3.8, 4) is 0 Å². The van der Waals surface area contributed by atoms with Crippen molar-refractivity contribution in [1.29, 1.82) is 0 Å². The van der Waals surface area contributed by atoms with Gasteiger partial charge in [-0.1, -0.05) is 20.8 Å². The van der Waals surface area contributed by atoms with Gasteiger partial charge in [0.05, 0.1) is 0 Å². The van der Waals surface area contributed by atoms with E-state index in [0.717, 1.165) is 24.7 Å². The molecule has 0 bridgehead atoms. The van der Waals surface area contributed by atoms with Crippen LogP contribution in [0.3, 0.4) is 0 Å². The van der Waals surface area contributed by atoms with Crippen LogP contribution in [-0.4, -0.2) is 29.8 Å². The highest BCUT2D eigenvalue weighted by molar-refractivity contribution is 4.97. The van der Waals surface area contributed by atoms with Crippen molar-refractivity contribution in [3.05, 3.63) is 0 Å². The number of aliphatic hydroxyl groups excluding tert-OH is 1. The lowest BCUT2D eigenvalue weighted by molar-refractivity contribution is 0.113. The first-order chi connectivity index (χ1) is 7.94. The summed E-state index contributed by atoms with van der Waals surface area (Å²) in [6, 6.07) is 0.323. The van der Waals surface area contributed by atoms with Crippen LogP contribution in [0.25, 0.3) is 0 Å². The lowest BCUT2D eigenvalue weighted by Crippen LogP contribution is -2.59. The average Bonchev–Trinajstić information content (AvgIpc) is 2.33. The molecule has 0 spiro atoms. The fourth-order valence-electron chi connectivity index (χ4n) is 2.87. The summed E-state index contributed by atoms with van der Waals surface area (Å²) in [5, 5.41) is 12.9. The van der Waals surface area contributed by atoms with Crippen LogP contribution in [0.5, 0.6) is 0 Å². The Morgan fingerprint density at radius 3 is 2.47 bits per heavy atom. The minimum Gasteiger partial charge on any atom is -0.396 e. The van der Waals surface area contributed by atoms with E-state index in [9.17, 15) is 5.11 Å². The first-order valence-corrected chi connectivity index (χ1v) is 7.02. The van der Waals surface area contributed by atoms with Gasteiger partial charge < -0.3 is 16.2 Å². The number of hydrogen-bond acceptors (Lipinski definition) is 3. The molecule has 1 aliphatic carbocycles. The molecule has 0 saturated heterocycles. The summed E-state index contributed by atoms with van der Waals surface area (Å²) in [6.07, 6.45) is 3.58. The minimum atomic E-state index is 0.0920. The molecule has 1 fully saturated rings. The second-order valence-electron chi connectivity index (χ2n) is 6.27. The highest BCUT2D eigenvalue weighted by Crippen LogP contribution is 2.36. The van der Waals surface area contributed by atoms with Crippen molar-refractivity contribution in [1.82, 2.24) is 5.32 Å². The second-order valence-corrected chi connectivity index (χ2v) is 6.27. The van der Waals surface area contributed by atoms with Crippen molar-refractivity contribution in [3.63, 3.8) is 0 Å². The van der Waals surface area contributed by atoms with E-state index in [2.05, 4.69) is 33.0 Å². The van der Waals surface area contributed by atoms with Crippen LogP contribution in [0.1, 0.15) is 47.0 Å². The molecule has 0 aromatic heterocycles. The topological polar surface area (TPSA) is 58.3 Å². The number of aliphatic hydroxyl groups is 1. The first kappa shape index (κ1) is 14.9. The smallest absolute Gasteiger partial charge is 0.0471 e. The van der Waals surface area contributed by atoms with Crippen molar-refractivity contribution >= 4 is 0 Å². The molecule has 5 unspecified atom stereocenters. The van der Waals surface area contributed by atoms with Gasteiger partial charge in [-0.05, 0) is 43.9 Å². The van der Waals surface area contributed by atoms with E-state index >= 15 is 0 Å². The monoisotopic (exact) mass is 242 g/mol. The van der Waals surface area contributed by atoms with Gasteiger partial charge in [0.15, 0.2) is 0 Å². The molecular formula is C14H30N2O. The molecule has 1 rings (SSSR count). The van der Waals surface area contributed by atoms with Gasteiger partial charge >= 0.3 is 0 Å². The predicted molar refractivity (Wildman–Crippen MR) is 72.8 cm³/mol. The molecule has 5 atom stereocenters. The summed E-state index contributed by atoms with van der Waals surface area (Å²) < 4.78 is 0. The molecule has 3 heteroatoms. The summed E-state index contributed by atoms with van der Waals surface area (Å²) in [6.45, 7) is 9.84. The Balaban J connectivity index is 2.63. The second kappa shape index (κ2) is 6.17. The predicted octanol–water partition coefficient (Wildman–Crippen LogP) is 1.75. The van der Waals surface area contributed by atoms with Gasteiger partial charge in [-0.15, -0.1) is 0 Å². The highest BCUT2D eigenvalue weighted by atomic mass is 16.3. The van der Waals surface area contributed by atoms with Gasteiger partial charge in [-0.3, -0.25) is 0 Å². The Bertz CT molecular complexity index is 234. The van der Waals surface area contributed by atoms with Crippen molar-refractivity contribution in [2.45, 2.75) is 58.5 Å². The molecule has 1 aliphatic rings. The molecule has 0 aromatic carbocycles. The van der Waals surface area contributed by atoms with Crippen LogP contribution in [-0.2, 0) is 0 Å². The molecule has 17 heavy (non-hydrogen) atoms. The average molecular weight is 242 g/mol.